The Hall–Kier alpha value is 0.180. The highest BCUT2D eigenvalue weighted by atomic mass is 32.2. The topological polar surface area (TPSA) is 3.24 Å². The lowest BCUT2D eigenvalue weighted by molar-refractivity contribution is 0.396. The van der Waals surface area contributed by atoms with Crippen LogP contribution in [0.1, 0.15) is 27.2 Å². The van der Waals surface area contributed by atoms with E-state index in [-0.39, 0.29) is 10.7 Å². The molecular formula is C8H19NS. The molecule has 0 saturated heterocycles. The van der Waals surface area contributed by atoms with Gasteiger partial charge in [0.1, 0.15) is 0 Å². The molecule has 0 saturated carbocycles. The Morgan fingerprint density at radius 2 is 2.00 bits per heavy atom. The maximum absolute atomic E-state index is 4.03. The molecule has 10 heavy (non-hydrogen) atoms. The van der Waals surface area contributed by atoms with Crippen molar-refractivity contribution in [3.05, 3.63) is 0 Å². The Morgan fingerprint density at radius 3 is 2.10 bits per heavy atom. The van der Waals surface area contributed by atoms with E-state index in [0.717, 1.165) is 0 Å². The van der Waals surface area contributed by atoms with Crippen molar-refractivity contribution in [2.45, 2.75) is 33.2 Å². The first-order chi connectivity index (χ1) is 4.59. The number of hydrogen-bond acceptors (Lipinski definition) is 1. The van der Waals surface area contributed by atoms with Crippen molar-refractivity contribution in [1.82, 2.24) is 4.31 Å². The van der Waals surface area contributed by atoms with Crippen LogP contribution in [-0.4, -0.2) is 29.0 Å². The van der Waals surface area contributed by atoms with Gasteiger partial charge in [-0.25, -0.2) is 0 Å². The molecule has 0 fully saturated rings. The van der Waals surface area contributed by atoms with Gasteiger partial charge in [0.05, 0.1) is 0 Å². The molecule has 0 bridgehead atoms. The fraction of sp³-hybridized carbons (Fsp3) is 0.875. The third-order valence-corrected chi connectivity index (χ3v) is 2.83. The van der Waals surface area contributed by atoms with Crippen LogP contribution in [0.4, 0.5) is 0 Å². The maximum atomic E-state index is 4.03. The summed E-state index contributed by atoms with van der Waals surface area (Å²) in [5.74, 6) is 4.03. The van der Waals surface area contributed by atoms with Crippen LogP contribution in [-0.2, 0) is 0 Å². The van der Waals surface area contributed by atoms with Gasteiger partial charge in [-0.05, 0) is 26.5 Å². The number of nitrogens with zero attached hydrogens (tertiary/aromatic N) is 1. The summed E-state index contributed by atoms with van der Waals surface area (Å²) in [6.45, 7) is 7.84. The fourth-order valence-corrected chi connectivity index (χ4v) is 2.21. The molecule has 0 aromatic carbocycles. The van der Waals surface area contributed by atoms with Gasteiger partial charge in [0.25, 0.3) is 0 Å². The quantitative estimate of drug-likeness (QED) is 0.572. The van der Waals surface area contributed by atoms with Gasteiger partial charge in [-0.1, -0.05) is 12.8 Å². The fourth-order valence-electron chi connectivity index (χ4n) is 0.994. The van der Waals surface area contributed by atoms with Gasteiger partial charge >= 0.3 is 0 Å². The molecule has 0 spiro atoms. The molecule has 0 aliphatic rings. The normalized spacial score (nSPS) is 14.6. The highest BCUT2D eigenvalue weighted by Gasteiger charge is 2.06. The van der Waals surface area contributed by atoms with Crippen LogP contribution in [0.3, 0.4) is 0 Å². The van der Waals surface area contributed by atoms with E-state index in [4.69, 9.17) is 0 Å². The summed E-state index contributed by atoms with van der Waals surface area (Å²) >= 11 is 0. The van der Waals surface area contributed by atoms with Crippen molar-refractivity contribution >= 4 is 16.5 Å². The molecule has 0 aliphatic heterocycles. The van der Waals surface area contributed by atoms with Crippen molar-refractivity contribution in [3.63, 3.8) is 0 Å². The van der Waals surface area contributed by atoms with Gasteiger partial charge in [0.2, 0.25) is 0 Å². The molecule has 62 valence electrons. The Kier molecular flexibility index (Phi) is 5.00. The molecule has 1 atom stereocenters. The van der Waals surface area contributed by atoms with E-state index in [1.165, 1.54) is 13.0 Å². The molecule has 0 N–H and O–H groups in total. The van der Waals surface area contributed by atoms with Gasteiger partial charge in [0.15, 0.2) is 0 Å². The molecule has 1 unspecified atom stereocenters. The SMILES string of the molecule is C=S(C)N(CCC)C(C)C. The lowest BCUT2D eigenvalue weighted by atomic mass is 10.4. The summed E-state index contributed by atoms with van der Waals surface area (Å²) in [7, 11) is 0.200. The Labute approximate surface area is 67.5 Å². The zero-order chi connectivity index (χ0) is 8.15. The Morgan fingerprint density at radius 1 is 1.50 bits per heavy atom. The van der Waals surface area contributed by atoms with E-state index in [1.807, 2.05) is 0 Å². The summed E-state index contributed by atoms with van der Waals surface area (Å²) < 4.78 is 2.43. The van der Waals surface area contributed by atoms with Crippen molar-refractivity contribution in [2.75, 3.05) is 12.8 Å². The van der Waals surface area contributed by atoms with Crippen LogP contribution in [0.5, 0.6) is 0 Å². The van der Waals surface area contributed by atoms with Crippen molar-refractivity contribution in [3.8, 4) is 0 Å². The van der Waals surface area contributed by atoms with Gasteiger partial charge < -0.3 is 0 Å². The smallest absolute Gasteiger partial charge is 0.0141 e. The molecule has 0 aromatic heterocycles. The minimum absolute atomic E-state index is 0.200. The third-order valence-electron chi connectivity index (χ3n) is 1.42. The Balaban J connectivity index is 3.85. The summed E-state index contributed by atoms with van der Waals surface area (Å²) in [5.41, 5.74) is 0. The van der Waals surface area contributed by atoms with E-state index in [9.17, 15) is 0 Å². The Bertz CT molecular complexity index is 110. The third kappa shape index (κ3) is 3.37. The highest BCUT2D eigenvalue weighted by Crippen LogP contribution is 2.16. The van der Waals surface area contributed by atoms with Gasteiger partial charge in [0, 0.05) is 12.6 Å². The minimum atomic E-state index is 0.200. The van der Waals surface area contributed by atoms with Crippen molar-refractivity contribution < 1.29 is 0 Å². The van der Waals surface area contributed by atoms with Crippen LogP contribution in [0, 0.1) is 0 Å². The van der Waals surface area contributed by atoms with Crippen LogP contribution in [0.15, 0.2) is 0 Å². The monoisotopic (exact) mass is 161 g/mol. The molecule has 0 amide bonds. The van der Waals surface area contributed by atoms with Gasteiger partial charge in [-0.15, -0.1) is 10.7 Å². The second kappa shape index (κ2) is 4.91. The van der Waals surface area contributed by atoms with E-state index < -0.39 is 0 Å². The standard InChI is InChI=1S/C8H19NS/c1-6-7-9(8(2)3)10(4)5/h8H,4,6-7H2,1-3,5H3. The molecular weight excluding hydrogens is 142 g/mol. The van der Waals surface area contributed by atoms with Gasteiger partial charge in [-0.2, -0.15) is 0 Å². The van der Waals surface area contributed by atoms with Gasteiger partial charge in [-0.3, -0.25) is 4.31 Å². The van der Waals surface area contributed by atoms with Crippen molar-refractivity contribution in [1.29, 1.82) is 0 Å². The highest BCUT2D eigenvalue weighted by molar-refractivity contribution is 8.11. The van der Waals surface area contributed by atoms with E-state index in [2.05, 4.69) is 37.2 Å². The van der Waals surface area contributed by atoms with Crippen LogP contribution in [0.25, 0.3) is 0 Å². The zero-order valence-electron chi connectivity index (χ0n) is 7.55. The average molecular weight is 161 g/mol. The molecule has 0 aromatic rings. The van der Waals surface area contributed by atoms with Crippen LogP contribution < -0.4 is 0 Å². The second-order valence-corrected chi connectivity index (χ2v) is 4.50. The summed E-state index contributed by atoms with van der Waals surface area (Å²) in [5, 5.41) is 0. The first kappa shape index (κ1) is 10.2. The van der Waals surface area contributed by atoms with E-state index in [1.54, 1.807) is 0 Å². The average Bonchev–Trinajstić information content (AvgIpc) is 1.81. The summed E-state index contributed by atoms with van der Waals surface area (Å²) in [6.07, 6.45) is 3.40. The predicted molar refractivity (Wildman–Crippen MR) is 52.8 cm³/mol. The number of rotatable bonds is 4. The first-order valence-electron chi connectivity index (χ1n) is 3.82. The van der Waals surface area contributed by atoms with E-state index in [0.29, 0.717) is 6.04 Å². The molecule has 0 rings (SSSR count). The number of hydrogen-bond donors (Lipinski definition) is 0. The molecule has 0 aliphatic carbocycles. The van der Waals surface area contributed by atoms with E-state index >= 15 is 0 Å². The van der Waals surface area contributed by atoms with Crippen LogP contribution >= 0.6 is 10.7 Å². The predicted octanol–water partition coefficient (Wildman–Crippen LogP) is 2.35. The zero-order valence-corrected chi connectivity index (χ0v) is 8.37. The minimum Gasteiger partial charge on any atom is -0.254 e. The lowest BCUT2D eigenvalue weighted by Crippen LogP contribution is -2.25. The van der Waals surface area contributed by atoms with Crippen LogP contribution in [0.2, 0.25) is 0 Å². The maximum Gasteiger partial charge on any atom is 0.0141 e. The van der Waals surface area contributed by atoms with Crippen molar-refractivity contribution in [2.24, 2.45) is 0 Å². The summed E-state index contributed by atoms with van der Waals surface area (Å²) in [4.78, 5) is 0. The lowest BCUT2D eigenvalue weighted by Gasteiger charge is -2.26. The second-order valence-electron chi connectivity index (χ2n) is 2.83. The first-order valence-corrected chi connectivity index (χ1v) is 5.57. The molecule has 2 heteroatoms. The summed E-state index contributed by atoms with van der Waals surface area (Å²) in [6, 6.07) is 0.644. The molecule has 0 radical (unpaired) electrons. The molecule has 1 nitrogen and oxygen atoms in total. The largest absolute Gasteiger partial charge is 0.254 e. The molecule has 0 heterocycles.